The van der Waals surface area contributed by atoms with Crippen molar-refractivity contribution in [2.75, 3.05) is 0 Å². The normalized spacial score (nSPS) is 10.7. The second-order valence-electron chi connectivity index (χ2n) is 6.46. The summed E-state index contributed by atoms with van der Waals surface area (Å²) in [5.41, 5.74) is 5.88. The number of benzene rings is 3. The van der Waals surface area contributed by atoms with Crippen LogP contribution in [0, 0.1) is 13.8 Å². The maximum Gasteiger partial charge on any atom is 0.343 e. The van der Waals surface area contributed by atoms with E-state index in [2.05, 4.69) is 26.5 Å². The second kappa shape index (κ2) is 9.30. The Bertz CT molecular complexity index is 1090. The number of halogens is 1. The molecular formula is C23H19BrN2O3. The minimum absolute atomic E-state index is 0.312. The maximum atomic E-state index is 12.5. The van der Waals surface area contributed by atoms with Crippen LogP contribution in [-0.2, 0) is 0 Å². The van der Waals surface area contributed by atoms with Crippen LogP contribution in [-0.4, -0.2) is 18.1 Å². The van der Waals surface area contributed by atoms with E-state index in [-0.39, 0.29) is 5.91 Å². The van der Waals surface area contributed by atoms with Gasteiger partial charge in [-0.1, -0.05) is 51.8 Å². The van der Waals surface area contributed by atoms with Gasteiger partial charge in [0.25, 0.3) is 5.91 Å². The number of carbonyl (C=O) groups excluding carboxylic acids is 2. The van der Waals surface area contributed by atoms with E-state index >= 15 is 0 Å². The number of hydrazone groups is 1. The lowest BCUT2D eigenvalue weighted by Gasteiger charge is -2.09. The summed E-state index contributed by atoms with van der Waals surface area (Å²) >= 11 is 3.39. The number of hydrogen-bond donors (Lipinski definition) is 1. The van der Waals surface area contributed by atoms with Gasteiger partial charge in [0, 0.05) is 15.6 Å². The van der Waals surface area contributed by atoms with Crippen LogP contribution in [0.1, 0.15) is 37.4 Å². The van der Waals surface area contributed by atoms with E-state index in [0.29, 0.717) is 22.4 Å². The zero-order chi connectivity index (χ0) is 20.8. The van der Waals surface area contributed by atoms with Gasteiger partial charge in [-0.15, -0.1) is 0 Å². The van der Waals surface area contributed by atoms with Crippen LogP contribution in [0.25, 0.3) is 0 Å². The molecule has 3 aromatic rings. The van der Waals surface area contributed by atoms with Crippen LogP contribution >= 0.6 is 15.9 Å². The van der Waals surface area contributed by atoms with E-state index in [1.807, 2.05) is 32.0 Å². The number of carbonyl (C=O) groups is 2. The molecule has 5 nitrogen and oxygen atoms in total. The first kappa shape index (κ1) is 20.5. The van der Waals surface area contributed by atoms with E-state index in [9.17, 15) is 9.59 Å². The number of esters is 1. The second-order valence-corrected chi connectivity index (χ2v) is 7.37. The highest BCUT2D eigenvalue weighted by atomic mass is 79.9. The number of rotatable bonds is 5. The highest BCUT2D eigenvalue weighted by Crippen LogP contribution is 2.23. The molecule has 0 aliphatic rings. The minimum atomic E-state index is -0.463. The van der Waals surface area contributed by atoms with Crippen molar-refractivity contribution in [3.05, 3.63) is 99.0 Å². The topological polar surface area (TPSA) is 67.8 Å². The molecule has 0 radical (unpaired) electrons. The molecule has 29 heavy (non-hydrogen) atoms. The Balaban J connectivity index is 1.76. The molecule has 0 aromatic heterocycles. The largest absolute Gasteiger partial charge is 0.422 e. The summed E-state index contributed by atoms with van der Waals surface area (Å²) < 4.78 is 6.33. The van der Waals surface area contributed by atoms with Gasteiger partial charge in [0.05, 0.1) is 11.8 Å². The average Bonchev–Trinajstić information content (AvgIpc) is 2.70. The third-order valence-corrected chi connectivity index (χ3v) is 4.68. The van der Waals surface area contributed by atoms with Gasteiger partial charge < -0.3 is 4.74 Å². The van der Waals surface area contributed by atoms with Gasteiger partial charge in [-0.3, -0.25) is 4.79 Å². The van der Waals surface area contributed by atoms with E-state index in [0.717, 1.165) is 15.6 Å². The predicted octanol–water partition coefficient (Wildman–Crippen LogP) is 5.05. The first-order valence-electron chi connectivity index (χ1n) is 8.91. The van der Waals surface area contributed by atoms with Crippen LogP contribution in [0.15, 0.2) is 76.3 Å². The Morgan fingerprint density at radius 2 is 1.79 bits per heavy atom. The lowest BCUT2D eigenvalue weighted by atomic mass is 10.1. The Kier molecular flexibility index (Phi) is 6.57. The van der Waals surface area contributed by atoms with E-state index < -0.39 is 5.97 Å². The zero-order valence-corrected chi connectivity index (χ0v) is 17.6. The minimum Gasteiger partial charge on any atom is -0.422 e. The Hall–Kier alpha value is -3.25. The molecule has 6 heteroatoms. The molecule has 0 atom stereocenters. The van der Waals surface area contributed by atoms with Crippen LogP contribution in [0.5, 0.6) is 5.75 Å². The molecule has 0 heterocycles. The van der Waals surface area contributed by atoms with E-state index in [4.69, 9.17) is 4.74 Å². The van der Waals surface area contributed by atoms with Gasteiger partial charge in [-0.2, -0.15) is 5.10 Å². The average molecular weight is 451 g/mol. The number of nitrogens with one attached hydrogen (secondary N) is 1. The first-order chi connectivity index (χ1) is 13.9. The summed E-state index contributed by atoms with van der Waals surface area (Å²) in [6.07, 6.45) is 1.44. The van der Waals surface area contributed by atoms with Gasteiger partial charge in [0.1, 0.15) is 5.75 Å². The van der Waals surface area contributed by atoms with Crippen molar-refractivity contribution in [1.29, 1.82) is 0 Å². The van der Waals surface area contributed by atoms with Crippen molar-refractivity contribution in [1.82, 2.24) is 5.43 Å². The Morgan fingerprint density at radius 1 is 1.00 bits per heavy atom. The third kappa shape index (κ3) is 5.39. The molecule has 0 saturated heterocycles. The lowest BCUT2D eigenvalue weighted by Crippen LogP contribution is -2.18. The summed E-state index contributed by atoms with van der Waals surface area (Å²) in [5, 5.41) is 4.02. The first-order valence-corrected chi connectivity index (χ1v) is 9.71. The van der Waals surface area contributed by atoms with Crippen molar-refractivity contribution in [2.24, 2.45) is 5.10 Å². The molecule has 0 unspecified atom stereocenters. The quantitative estimate of drug-likeness (QED) is 0.256. The van der Waals surface area contributed by atoms with Crippen molar-refractivity contribution >= 4 is 34.0 Å². The molecule has 3 rings (SSSR count). The van der Waals surface area contributed by atoms with Crippen LogP contribution in [0.3, 0.4) is 0 Å². The van der Waals surface area contributed by atoms with E-state index in [1.165, 1.54) is 6.21 Å². The molecule has 1 N–H and O–H groups in total. The summed E-state index contributed by atoms with van der Waals surface area (Å²) in [7, 11) is 0. The highest BCUT2D eigenvalue weighted by molar-refractivity contribution is 9.10. The number of hydrogen-bond acceptors (Lipinski definition) is 4. The van der Waals surface area contributed by atoms with Crippen molar-refractivity contribution in [3.8, 4) is 5.75 Å². The monoisotopic (exact) mass is 450 g/mol. The fourth-order valence-corrected chi connectivity index (χ4v) is 3.07. The lowest BCUT2D eigenvalue weighted by molar-refractivity contribution is 0.0734. The Labute approximate surface area is 177 Å². The Morgan fingerprint density at radius 3 is 2.55 bits per heavy atom. The molecule has 146 valence electrons. The molecule has 0 spiro atoms. The third-order valence-electron chi connectivity index (χ3n) is 4.19. The zero-order valence-electron chi connectivity index (χ0n) is 16.0. The highest BCUT2D eigenvalue weighted by Gasteiger charge is 2.12. The number of ether oxygens (including phenoxy) is 1. The van der Waals surface area contributed by atoms with Gasteiger partial charge in [0.2, 0.25) is 0 Å². The number of aryl methyl sites for hydroxylation is 2. The van der Waals surface area contributed by atoms with Gasteiger partial charge in [-0.05, 0) is 55.8 Å². The van der Waals surface area contributed by atoms with Crippen molar-refractivity contribution in [3.63, 3.8) is 0 Å². The van der Waals surface area contributed by atoms with Crippen molar-refractivity contribution in [2.45, 2.75) is 13.8 Å². The molecule has 0 bridgehead atoms. The summed E-state index contributed by atoms with van der Waals surface area (Å²) in [4.78, 5) is 24.7. The molecule has 1 amide bonds. The summed E-state index contributed by atoms with van der Waals surface area (Å²) in [5.74, 6) is -0.434. The molecule has 3 aromatic carbocycles. The fraction of sp³-hybridized carbons (Fsp3) is 0.0870. The predicted molar refractivity (Wildman–Crippen MR) is 117 cm³/mol. The smallest absolute Gasteiger partial charge is 0.343 e. The molecule has 0 fully saturated rings. The number of nitrogens with zero attached hydrogens (tertiary/aromatic N) is 1. The van der Waals surface area contributed by atoms with Crippen molar-refractivity contribution < 1.29 is 14.3 Å². The molecule has 0 aliphatic heterocycles. The SMILES string of the molecule is Cc1cccc(C(=O)Oc2ccc(Br)cc2/C=N\NC(=O)c2ccccc2C)c1. The molecular weight excluding hydrogens is 432 g/mol. The summed E-state index contributed by atoms with van der Waals surface area (Å²) in [6, 6.07) is 19.6. The molecule has 0 aliphatic carbocycles. The fourth-order valence-electron chi connectivity index (χ4n) is 2.69. The van der Waals surface area contributed by atoms with Gasteiger partial charge >= 0.3 is 5.97 Å². The standard InChI is InChI=1S/C23H19BrN2O3/c1-15-6-5-8-17(12-15)23(28)29-21-11-10-19(24)13-18(21)14-25-26-22(27)20-9-4-3-7-16(20)2/h3-14H,1-2H3,(H,26,27)/b25-14-. The summed E-state index contributed by atoms with van der Waals surface area (Å²) in [6.45, 7) is 3.77. The van der Waals surface area contributed by atoms with Gasteiger partial charge in [0.15, 0.2) is 0 Å². The van der Waals surface area contributed by atoms with Crippen LogP contribution in [0.2, 0.25) is 0 Å². The van der Waals surface area contributed by atoms with E-state index in [1.54, 1.807) is 48.5 Å². The molecule has 0 saturated carbocycles. The van der Waals surface area contributed by atoms with Crippen LogP contribution < -0.4 is 10.2 Å². The van der Waals surface area contributed by atoms with Crippen LogP contribution in [0.4, 0.5) is 0 Å². The van der Waals surface area contributed by atoms with Gasteiger partial charge in [-0.25, -0.2) is 10.2 Å². The maximum absolute atomic E-state index is 12.5. The number of amides is 1.